The van der Waals surface area contributed by atoms with E-state index < -0.39 is 11.8 Å². The number of benzene rings is 4. The third-order valence-corrected chi connectivity index (χ3v) is 6.65. The number of halogens is 2. The minimum absolute atomic E-state index is 0. The van der Waals surface area contributed by atoms with Crippen LogP contribution in [0.1, 0.15) is 52.4 Å². The van der Waals surface area contributed by atoms with Gasteiger partial charge in [0, 0.05) is 24.1 Å². The van der Waals surface area contributed by atoms with E-state index in [0.717, 1.165) is 16.9 Å². The van der Waals surface area contributed by atoms with Crippen molar-refractivity contribution in [3.05, 3.63) is 113 Å². The molecule has 4 aromatic rings. The molecular formula is C29H27ClFNO3. The highest BCUT2D eigenvalue weighted by Crippen LogP contribution is 2.40. The van der Waals surface area contributed by atoms with Gasteiger partial charge in [0.25, 0.3) is 0 Å². The van der Waals surface area contributed by atoms with Gasteiger partial charge in [0.2, 0.25) is 0 Å². The molecule has 0 saturated heterocycles. The Labute approximate surface area is 210 Å². The number of carboxylic acids is 1. The van der Waals surface area contributed by atoms with Crippen LogP contribution in [0.25, 0.3) is 10.8 Å². The van der Waals surface area contributed by atoms with Crippen molar-refractivity contribution in [1.82, 2.24) is 5.32 Å². The van der Waals surface area contributed by atoms with E-state index in [1.54, 1.807) is 6.07 Å². The van der Waals surface area contributed by atoms with Gasteiger partial charge in [-0.05, 0) is 53.4 Å². The van der Waals surface area contributed by atoms with E-state index in [9.17, 15) is 14.3 Å². The molecule has 6 heteroatoms. The average molecular weight is 492 g/mol. The largest absolute Gasteiger partial charge is 0.489 e. The number of ether oxygens (including phenoxy) is 1. The Morgan fingerprint density at radius 3 is 2.63 bits per heavy atom. The zero-order valence-electron chi connectivity index (χ0n) is 19.3. The van der Waals surface area contributed by atoms with E-state index in [0.29, 0.717) is 13.0 Å². The number of fused-ring (bicyclic) bond motifs is 2. The minimum Gasteiger partial charge on any atom is -0.489 e. The Morgan fingerprint density at radius 2 is 1.80 bits per heavy atom. The van der Waals surface area contributed by atoms with Crippen LogP contribution in [0.15, 0.2) is 84.9 Å². The van der Waals surface area contributed by atoms with E-state index in [4.69, 9.17) is 4.74 Å². The lowest BCUT2D eigenvalue weighted by Gasteiger charge is -2.33. The van der Waals surface area contributed by atoms with E-state index in [1.807, 2.05) is 30.3 Å². The number of aromatic carboxylic acids is 1. The van der Waals surface area contributed by atoms with Crippen LogP contribution in [0.4, 0.5) is 4.39 Å². The van der Waals surface area contributed by atoms with E-state index in [2.05, 4.69) is 48.6 Å². The molecule has 0 radical (unpaired) electrons. The maximum absolute atomic E-state index is 14.0. The van der Waals surface area contributed by atoms with E-state index in [-0.39, 0.29) is 36.0 Å². The number of carbonyl (C=O) groups is 1. The predicted octanol–water partition coefficient (Wildman–Crippen LogP) is 6.73. The maximum Gasteiger partial charge on any atom is 0.338 e. The van der Waals surface area contributed by atoms with E-state index in [1.165, 1.54) is 28.5 Å². The van der Waals surface area contributed by atoms with Crippen molar-refractivity contribution in [1.29, 1.82) is 0 Å². The molecule has 4 nitrogen and oxygen atoms in total. The van der Waals surface area contributed by atoms with Gasteiger partial charge in [0.15, 0.2) is 0 Å². The Bertz CT molecular complexity index is 1350. The van der Waals surface area contributed by atoms with Crippen molar-refractivity contribution in [3.63, 3.8) is 0 Å². The topological polar surface area (TPSA) is 58.6 Å². The molecule has 5 rings (SSSR count). The number of hydrogen-bond donors (Lipinski definition) is 2. The summed E-state index contributed by atoms with van der Waals surface area (Å²) < 4.78 is 20.3. The van der Waals surface area contributed by atoms with Crippen LogP contribution in [-0.4, -0.2) is 23.7 Å². The number of para-hydroxylation sites is 1. The second-order valence-electron chi connectivity index (χ2n) is 8.81. The van der Waals surface area contributed by atoms with Gasteiger partial charge in [-0.2, -0.15) is 0 Å². The van der Waals surface area contributed by atoms with Gasteiger partial charge < -0.3 is 15.2 Å². The monoisotopic (exact) mass is 491 g/mol. The summed E-state index contributed by atoms with van der Waals surface area (Å²) in [4.78, 5) is 11.5. The highest BCUT2D eigenvalue weighted by atomic mass is 35.5. The molecule has 0 amide bonds. The molecule has 0 aromatic heterocycles. The van der Waals surface area contributed by atoms with Crippen molar-refractivity contribution in [2.45, 2.75) is 31.4 Å². The Kier molecular flexibility index (Phi) is 7.39. The second-order valence-corrected chi connectivity index (χ2v) is 8.81. The van der Waals surface area contributed by atoms with Gasteiger partial charge in [-0.15, -0.1) is 12.4 Å². The lowest BCUT2D eigenvalue weighted by Crippen LogP contribution is -2.37. The zero-order chi connectivity index (χ0) is 23.7. The molecule has 0 saturated carbocycles. The molecule has 0 bridgehead atoms. The Balaban J connectivity index is 0.00000289. The second kappa shape index (κ2) is 10.5. The van der Waals surface area contributed by atoms with Crippen LogP contribution in [-0.2, 0) is 0 Å². The molecule has 3 atom stereocenters. The van der Waals surface area contributed by atoms with Crippen LogP contribution in [0.2, 0.25) is 0 Å². The van der Waals surface area contributed by atoms with Gasteiger partial charge in [-0.1, -0.05) is 66.7 Å². The van der Waals surface area contributed by atoms with Gasteiger partial charge in [-0.25, -0.2) is 9.18 Å². The fraction of sp³-hybridized carbons (Fsp3) is 0.207. The van der Waals surface area contributed by atoms with Crippen LogP contribution in [0.3, 0.4) is 0 Å². The third-order valence-electron chi connectivity index (χ3n) is 6.65. The predicted molar refractivity (Wildman–Crippen MR) is 138 cm³/mol. The summed E-state index contributed by atoms with van der Waals surface area (Å²) in [5, 5.41) is 15.5. The maximum atomic E-state index is 14.0. The summed E-state index contributed by atoms with van der Waals surface area (Å²) in [6.45, 7) is 2.78. The number of nitrogens with one attached hydrogen (secondary N) is 1. The standard InChI is InChI=1S/C29H26FNO3.ClH/c1-18(22-11-6-8-19-7-2-3-9-23(19)22)31-17-21-16-25(24-10-4-5-12-28(24)34-21)20-13-14-27(30)26(15-20)29(32)33;/h2-15,18,21,25,31H,16-17H2,1H3,(H,32,33);1H/t18?,21-,25+;/m0./s1. The lowest BCUT2D eigenvalue weighted by molar-refractivity contribution is 0.0691. The van der Waals surface area contributed by atoms with Crippen molar-refractivity contribution in [3.8, 4) is 5.75 Å². The summed E-state index contributed by atoms with van der Waals surface area (Å²) in [6.07, 6.45) is 0.549. The molecule has 35 heavy (non-hydrogen) atoms. The SMILES string of the molecule is CC(NC[C@@H]1C[C@H](c2ccc(F)c(C(=O)O)c2)c2ccccc2O1)c1cccc2ccccc12.Cl. The molecule has 4 aromatic carbocycles. The molecule has 1 aliphatic heterocycles. The normalized spacial score (nSPS) is 17.7. The Hall–Kier alpha value is -3.41. The van der Waals surface area contributed by atoms with Crippen molar-refractivity contribution >= 4 is 29.1 Å². The zero-order valence-corrected chi connectivity index (χ0v) is 20.1. The fourth-order valence-corrected chi connectivity index (χ4v) is 4.90. The van der Waals surface area contributed by atoms with Crippen LogP contribution in [0, 0.1) is 5.82 Å². The van der Waals surface area contributed by atoms with Gasteiger partial charge in [0.1, 0.15) is 17.7 Å². The fourth-order valence-electron chi connectivity index (χ4n) is 4.90. The quantitative estimate of drug-likeness (QED) is 0.314. The average Bonchev–Trinajstić information content (AvgIpc) is 2.86. The lowest BCUT2D eigenvalue weighted by atomic mass is 9.83. The van der Waals surface area contributed by atoms with Crippen LogP contribution < -0.4 is 10.1 Å². The minimum atomic E-state index is -1.26. The Morgan fingerprint density at radius 1 is 1.06 bits per heavy atom. The van der Waals surface area contributed by atoms with Gasteiger partial charge in [-0.3, -0.25) is 0 Å². The summed E-state index contributed by atoms with van der Waals surface area (Å²) in [7, 11) is 0. The molecule has 1 heterocycles. The first-order chi connectivity index (χ1) is 16.5. The highest BCUT2D eigenvalue weighted by Gasteiger charge is 2.30. The molecule has 180 valence electrons. The summed E-state index contributed by atoms with van der Waals surface area (Å²) >= 11 is 0. The first-order valence-electron chi connectivity index (χ1n) is 11.5. The number of rotatable bonds is 6. The smallest absolute Gasteiger partial charge is 0.338 e. The van der Waals surface area contributed by atoms with Crippen molar-refractivity contribution in [2.24, 2.45) is 0 Å². The molecular weight excluding hydrogens is 465 g/mol. The van der Waals surface area contributed by atoms with Crippen LogP contribution >= 0.6 is 12.4 Å². The highest BCUT2D eigenvalue weighted by molar-refractivity contribution is 5.88. The third kappa shape index (κ3) is 5.02. The molecule has 0 aliphatic carbocycles. The molecule has 0 spiro atoms. The van der Waals surface area contributed by atoms with Crippen molar-refractivity contribution < 1.29 is 19.0 Å². The molecule has 1 aliphatic rings. The van der Waals surface area contributed by atoms with Crippen LogP contribution in [0.5, 0.6) is 5.75 Å². The molecule has 0 fully saturated rings. The van der Waals surface area contributed by atoms with Crippen molar-refractivity contribution in [2.75, 3.05) is 6.54 Å². The van der Waals surface area contributed by atoms with E-state index >= 15 is 0 Å². The molecule has 1 unspecified atom stereocenters. The number of hydrogen-bond acceptors (Lipinski definition) is 3. The summed E-state index contributed by atoms with van der Waals surface area (Å²) in [5.41, 5.74) is 2.70. The summed E-state index contributed by atoms with van der Waals surface area (Å²) in [6, 6.07) is 27.0. The first kappa shape index (κ1) is 24.7. The molecule has 2 N–H and O–H groups in total. The summed E-state index contributed by atoms with van der Waals surface area (Å²) in [5.74, 6) is -1.28. The number of carboxylic acid groups (broad SMARTS) is 1. The first-order valence-corrected chi connectivity index (χ1v) is 11.5. The van der Waals surface area contributed by atoms with Gasteiger partial charge in [0.05, 0.1) is 5.56 Å². The van der Waals surface area contributed by atoms with Gasteiger partial charge >= 0.3 is 5.97 Å².